The van der Waals surface area contributed by atoms with Gasteiger partial charge in [0.1, 0.15) is 17.7 Å². The molecule has 0 aliphatic heterocycles. The van der Waals surface area contributed by atoms with Gasteiger partial charge in [0.25, 0.3) is 0 Å². The van der Waals surface area contributed by atoms with E-state index in [4.69, 9.17) is 4.74 Å². The topological polar surface area (TPSA) is 87.7 Å². The predicted molar refractivity (Wildman–Crippen MR) is 127 cm³/mol. The van der Waals surface area contributed by atoms with Crippen LogP contribution >= 0.6 is 0 Å². The quantitative estimate of drug-likeness (QED) is 0.676. The summed E-state index contributed by atoms with van der Waals surface area (Å²) in [5.41, 5.74) is 1.28. The zero-order chi connectivity index (χ0) is 25.0. The normalized spacial score (nSPS) is 13.9. The van der Waals surface area contributed by atoms with Crippen molar-refractivity contribution < 1.29 is 19.1 Å². The fourth-order valence-corrected chi connectivity index (χ4v) is 3.42. The molecule has 3 amide bonds. The highest BCUT2D eigenvalue weighted by Gasteiger charge is 2.41. The number of nitrogens with one attached hydrogen (secondary N) is 2. The zero-order valence-electron chi connectivity index (χ0n) is 21.5. The van der Waals surface area contributed by atoms with Gasteiger partial charge in [-0.25, -0.2) is 4.79 Å². The molecule has 7 heteroatoms. The number of ether oxygens (including phenoxy) is 1. The second-order valence-electron chi connectivity index (χ2n) is 10.7. The van der Waals surface area contributed by atoms with Crippen LogP contribution in [0.4, 0.5) is 4.79 Å². The van der Waals surface area contributed by atoms with Gasteiger partial charge in [-0.15, -0.1) is 0 Å². The first kappa shape index (κ1) is 27.5. The van der Waals surface area contributed by atoms with Crippen LogP contribution in [0.25, 0.3) is 0 Å². The van der Waals surface area contributed by atoms with Gasteiger partial charge in [0, 0.05) is 11.6 Å². The first-order valence-electron chi connectivity index (χ1n) is 11.1. The summed E-state index contributed by atoms with van der Waals surface area (Å²) in [5.74, 6) is -0.630. The van der Waals surface area contributed by atoms with Crippen molar-refractivity contribution in [3.05, 3.63) is 34.9 Å². The fraction of sp³-hybridized carbons (Fsp3) is 0.640. The lowest BCUT2D eigenvalue weighted by Gasteiger charge is -2.43. The number of carbonyl (C=O) groups excluding carboxylic acids is 3. The molecule has 1 rings (SSSR count). The third-order valence-electron chi connectivity index (χ3n) is 4.73. The van der Waals surface area contributed by atoms with Crippen LogP contribution in [0, 0.1) is 13.8 Å². The van der Waals surface area contributed by atoms with E-state index in [0.717, 1.165) is 16.7 Å². The van der Waals surface area contributed by atoms with E-state index in [1.807, 2.05) is 66.7 Å². The molecular weight excluding hydrogens is 406 g/mol. The van der Waals surface area contributed by atoms with Gasteiger partial charge in [-0.2, -0.15) is 0 Å². The van der Waals surface area contributed by atoms with Crippen molar-refractivity contribution in [2.45, 2.75) is 105 Å². The van der Waals surface area contributed by atoms with Gasteiger partial charge < -0.3 is 20.3 Å². The number of rotatable bonds is 6. The highest BCUT2D eigenvalue weighted by atomic mass is 16.6. The molecule has 2 unspecified atom stereocenters. The Hall–Kier alpha value is -2.57. The Balaban J connectivity index is 3.47. The number of carbonyl (C=O) groups is 3. The molecular formula is C25H41N3O4. The molecule has 0 aliphatic rings. The van der Waals surface area contributed by atoms with Crippen LogP contribution in [0.3, 0.4) is 0 Å². The van der Waals surface area contributed by atoms with Crippen LogP contribution in [0.5, 0.6) is 0 Å². The monoisotopic (exact) mass is 447 g/mol. The number of hydrogen-bond acceptors (Lipinski definition) is 4. The third-order valence-corrected chi connectivity index (χ3v) is 4.73. The maximum absolute atomic E-state index is 13.7. The Morgan fingerprint density at radius 3 is 1.97 bits per heavy atom. The summed E-state index contributed by atoms with van der Waals surface area (Å²) in [6.45, 7) is 20.2. The molecule has 180 valence electrons. The molecule has 0 saturated heterocycles. The molecule has 2 atom stereocenters. The Bertz CT molecular complexity index is 835. The molecule has 0 aliphatic carbocycles. The van der Waals surface area contributed by atoms with E-state index in [1.165, 1.54) is 0 Å². The summed E-state index contributed by atoms with van der Waals surface area (Å²) in [5, 5.41) is 5.58. The minimum atomic E-state index is -0.886. The number of nitrogens with zero attached hydrogens (tertiary/aromatic N) is 1. The van der Waals surface area contributed by atoms with E-state index in [9.17, 15) is 14.4 Å². The summed E-state index contributed by atoms with van der Waals surface area (Å²) in [7, 11) is 0. The van der Waals surface area contributed by atoms with E-state index in [2.05, 4.69) is 10.6 Å². The van der Waals surface area contributed by atoms with Gasteiger partial charge >= 0.3 is 6.09 Å². The molecule has 7 nitrogen and oxygen atoms in total. The lowest BCUT2D eigenvalue weighted by molar-refractivity contribution is -0.148. The largest absolute Gasteiger partial charge is 0.444 e. The highest BCUT2D eigenvalue weighted by molar-refractivity contribution is 5.92. The molecule has 32 heavy (non-hydrogen) atoms. The Labute approximate surface area is 193 Å². The summed E-state index contributed by atoms with van der Waals surface area (Å²) in [4.78, 5) is 40.9. The van der Waals surface area contributed by atoms with Gasteiger partial charge in [-0.3, -0.25) is 9.59 Å². The van der Waals surface area contributed by atoms with Gasteiger partial charge in [0.2, 0.25) is 11.8 Å². The van der Waals surface area contributed by atoms with Crippen LogP contribution in [0.15, 0.2) is 18.2 Å². The zero-order valence-corrected chi connectivity index (χ0v) is 21.5. The summed E-state index contributed by atoms with van der Waals surface area (Å²) in [6, 6.07) is 4.04. The van der Waals surface area contributed by atoms with E-state index < -0.39 is 29.3 Å². The molecule has 0 saturated carbocycles. The number of benzene rings is 1. The second kappa shape index (κ2) is 10.4. The molecule has 0 bridgehead atoms. The molecule has 0 heterocycles. The molecule has 1 aromatic rings. The lowest BCUT2D eigenvalue weighted by atomic mass is 9.92. The summed E-state index contributed by atoms with van der Waals surface area (Å²) < 4.78 is 5.30. The maximum atomic E-state index is 13.7. The van der Waals surface area contributed by atoms with Crippen LogP contribution in [-0.4, -0.2) is 46.0 Å². The number of hydrogen-bond donors (Lipinski definition) is 2. The number of alkyl carbamates (subject to hydrolysis) is 1. The van der Waals surface area contributed by atoms with Gasteiger partial charge in [-0.05, 0) is 87.3 Å². The Morgan fingerprint density at radius 1 is 0.938 bits per heavy atom. The maximum Gasteiger partial charge on any atom is 0.408 e. The van der Waals surface area contributed by atoms with Crippen LogP contribution in [0.2, 0.25) is 0 Å². The van der Waals surface area contributed by atoms with Gasteiger partial charge in [-0.1, -0.05) is 23.8 Å². The predicted octanol–water partition coefficient (Wildman–Crippen LogP) is 4.41. The number of amides is 3. The van der Waals surface area contributed by atoms with E-state index >= 15 is 0 Å². The first-order chi connectivity index (χ1) is 14.4. The highest BCUT2D eigenvalue weighted by Crippen LogP contribution is 2.32. The Morgan fingerprint density at radius 2 is 1.50 bits per heavy atom. The fourth-order valence-electron chi connectivity index (χ4n) is 3.42. The average molecular weight is 448 g/mol. The summed E-state index contributed by atoms with van der Waals surface area (Å²) >= 11 is 0. The smallest absolute Gasteiger partial charge is 0.408 e. The molecule has 0 radical (unpaired) electrons. The molecule has 0 spiro atoms. The van der Waals surface area contributed by atoms with E-state index in [0.29, 0.717) is 0 Å². The minimum Gasteiger partial charge on any atom is -0.444 e. The molecule has 2 N–H and O–H groups in total. The van der Waals surface area contributed by atoms with Gasteiger partial charge in [0.05, 0.1) is 0 Å². The molecule has 1 aromatic carbocycles. The van der Waals surface area contributed by atoms with Crippen molar-refractivity contribution in [1.82, 2.24) is 15.5 Å². The first-order valence-corrected chi connectivity index (χ1v) is 11.1. The van der Waals surface area contributed by atoms with Gasteiger partial charge in [0.15, 0.2) is 0 Å². The standard InChI is InChI=1S/C25H41N3O4/c1-15(2)26-21(29)20(19-14-16(3)12-13-17(19)4)28(24(6,7)8)22(30)18(5)27-23(31)32-25(9,10)11/h12-15,18,20H,1-11H3,(H,26,29)(H,27,31). The molecule has 0 fully saturated rings. The van der Waals surface area contributed by atoms with Crippen LogP contribution in [-0.2, 0) is 14.3 Å². The minimum absolute atomic E-state index is 0.0932. The van der Waals surface area contributed by atoms with Crippen LogP contribution in [0.1, 0.15) is 85.0 Å². The van der Waals surface area contributed by atoms with Crippen LogP contribution < -0.4 is 10.6 Å². The van der Waals surface area contributed by atoms with Crippen molar-refractivity contribution in [2.24, 2.45) is 0 Å². The van der Waals surface area contributed by atoms with Crippen molar-refractivity contribution in [2.75, 3.05) is 0 Å². The van der Waals surface area contributed by atoms with Crippen molar-refractivity contribution in [3.63, 3.8) is 0 Å². The summed E-state index contributed by atoms with van der Waals surface area (Å²) in [6.07, 6.45) is -0.679. The lowest BCUT2D eigenvalue weighted by Crippen LogP contribution is -2.58. The van der Waals surface area contributed by atoms with Crippen molar-refractivity contribution in [3.8, 4) is 0 Å². The van der Waals surface area contributed by atoms with Crippen molar-refractivity contribution in [1.29, 1.82) is 0 Å². The van der Waals surface area contributed by atoms with E-state index in [-0.39, 0.29) is 17.9 Å². The van der Waals surface area contributed by atoms with E-state index in [1.54, 1.807) is 32.6 Å². The van der Waals surface area contributed by atoms with Crippen molar-refractivity contribution >= 4 is 17.9 Å². The SMILES string of the molecule is Cc1ccc(C)c(C(C(=O)NC(C)C)N(C(=O)C(C)NC(=O)OC(C)(C)C)C(C)(C)C)c1. The second-order valence-corrected chi connectivity index (χ2v) is 10.7. The average Bonchev–Trinajstić information content (AvgIpc) is 2.57. The number of aryl methyl sites for hydroxylation is 2. The molecule has 0 aromatic heterocycles. The Kier molecular flexibility index (Phi) is 8.90. The third kappa shape index (κ3) is 7.84.